The highest BCUT2D eigenvalue weighted by Crippen LogP contribution is 2.07. The summed E-state index contributed by atoms with van der Waals surface area (Å²) in [5, 5.41) is 11.1. The molecule has 1 aromatic heterocycles. The third kappa shape index (κ3) is 5.29. The Labute approximate surface area is 105 Å². The van der Waals surface area contributed by atoms with Crippen molar-refractivity contribution in [1.82, 2.24) is 4.98 Å². The van der Waals surface area contributed by atoms with Gasteiger partial charge in [-0.05, 0) is 18.1 Å². The largest absolute Gasteiger partial charge is 0.481 e. The van der Waals surface area contributed by atoms with E-state index in [1.807, 2.05) is 13.8 Å². The number of aromatic nitrogens is 1. The first kappa shape index (κ1) is 14.0. The summed E-state index contributed by atoms with van der Waals surface area (Å²) in [5.41, 5.74) is 0.904. The number of amides is 1. The van der Waals surface area contributed by atoms with E-state index in [4.69, 9.17) is 9.84 Å². The number of pyridine rings is 1. The number of hydrogen-bond acceptors (Lipinski definition) is 4. The lowest BCUT2D eigenvalue weighted by molar-refractivity contribution is -0.136. The number of rotatable bonds is 5. The molecule has 18 heavy (non-hydrogen) atoms. The van der Waals surface area contributed by atoms with Crippen LogP contribution in [0.5, 0.6) is 0 Å². The first-order valence-electron chi connectivity index (χ1n) is 5.58. The Bertz CT molecular complexity index is 415. The number of carboxylic acid groups (broad SMARTS) is 1. The molecule has 1 rings (SSSR count). The molecule has 1 heterocycles. The van der Waals surface area contributed by atoms with E-state index in [0.717, 1.165) is 0 Å². The summed E-state index contributed by atoms with van der Waals surface area (Å²) < 4.78 is 4.93. The number of hydrogen-bond donors (Lipinski definition) is 2. The minimum atomic E-state index is -0.945. The van der Waals surface area contributed by atoms with Gasteiger partial charge in [-0.1, -0.05) is 13.8 Å². The third-order valence-electron chi connectivity index (χ3n) is 1.95. The molecular weight excluding hydrogens is 236 g/mol. The molecule has 0 unspecified atom stereocenters. The summed E-state index contributed by atoms with van der Waals surface area (Å²) >= 11 is 0. The van der Waals surface area contributed by atoms with Crippen molar-refractivity contribution in [2.75, 3.05) is 11.9 Å². The molecule has 0 atom stereocenters. The van der Waals surface area contributed by atoms with Crippen molar-refractivity contribution in [3.8, 4) is 0 Å². The number of anilines is 1. The topological polar surface area (TPSA) is 88.5 Å². The molecule has 0 fully saturated rings. The maximum absolute atomic E-state index is 11.3. The van der Waals surface area contributed by atoms with E-state index in [0.29, 0.717) is 18.0 Å². The zero-order valence-electron chi connectivity index (χ0n) is 10.3. The average Bonchev–Trinajstić information content (AvgIpc) is 2.28. The quantitative estimate of drug-likeness (QED) is 0.835. The predicted octanol–water partition coefficient (Wildman–Crippen LogP) is 1.91. The smallest absolute Gasteiger partial charge is 0.411 e. The van der Waals surface area contributed by atoms with Crippen molar-refractivity contribution in [3.63, 3.8) is 0 Å². The van der Waals surface area contributed by atoms with E-state index in [-0.39, 0.29) is 12.3 Å². The number of carbonyl (C=O) groups excluding carboxylic acids is 1. The zero-order valence-corrected chi connectivity index (χ0v) is 10.3. The van der Waals surface area contributed by atoms with Crippen molar-refractivity contribution >= 4 is 17.7 Å². The Morgan fingerprint density at radius 1 is 1.44 bits per heavy atom. The monoisotopic (exact) mass is 252 g/mol. The van der Waals surface area contributed by atoms with Crippen LogP contribution in [0.15, 0.2) is 18.3 Å². The maximum atomic E-state index is 11.3. The lowest BCUT2D eigenvalue weighted by atomic mass is 10.2. The Morgan fingerprint density at radius 3 is 2.67 bits per heavy atom. The molecule has 0 aliphatic rings. The zero-order chi connectivity index (χ0) is 13.5. The lowest BCUT2D eigenvalue weighted by Gasteiger charge is -2.08. The van der Waals surface area contributed by atoms with Crippen LogP contribution in [0.1, 0.15) is 19.5 Å². The molecule has 98 valence electrons. The van der Waals surface area contributed by atoms with Crippen molar-refractivity contribution in [1.29, 1.82) is 0 Å². The molecule has 1 amide bonds. The molecular formula is C12H16N2O4. The Morgan fingerprint density at radius 2 is 2.17 bits per heavy atom. The van der Waals surface area contributed by atoms with Gasteiger partial charge in [-0.25, -0.2) is 4.79 Å². The van der Waals surface area contributed by atoms with Crippen LogP contribution in [0.2, 0.25) is 0 Å². The second-order valence-corrected chi connectivity index (χ2v) is 4.23. The molecule has 0 radical (unpaired) electrons. The fourth-order valence-electron chi connectivity index (χ4n) is 1.15. The van der Waals surface area contributed by atoms with Crippen LogP contribution in [0.3, 0.4) is 0 Å². The van der Waals surface area contributed by atoms with Crippen LogP contribution in [0.25, 0.3) is 0 Å². The average molecular weight is 252 g/mol. The first-order chi connectivity index (χ1) is 8.47. The summed E-state index contributed by atoms with van der Waals surface area (Å²) in [6, 6.07) is 3.13. The summed E-state index contributed by atoms with van der Waals surface area (Å²) in [7, 11) is 0. The highest BCUT2D eigenvalue weighted by atomic mass is 16.5. The van der Waals surface area contributed by atoms with Crippen molar-refractivity contribution in [2.45, 2.75) is 20.3 Å². The van der Waals surface area contributed by atoms with Gasteiger partial charge in [0.1, 0.15) is 0 Å². The van der Waals surface area contributed by atoms with Gasteiger partial charge in [0.25, 0.3) is 0 Å². The SMILES string of the molecule is CC(C)COC(=O)Nc1ccc(CC(=O)O)nc1. The minimum Gasteiger partial charge on any atom is -0.481 e. The van der Waals surface area contributed by atoms with Crippen molar-refractivity contribution < 1.29 is 19.4 Å². The molecule has 0 aliphatic heterocycles. The molecule has 0 aliphatic carbocycles. The van der Waals surface area contributed by atoms with Crippen LogP contribution >= 0.6 is 0 Å². The number of nitrogens with zero attached hydrogens (tertiary/aromatic N) is 1. The molecule has 6 nitrogen and oxygen atoms in total. The maximum Gasteiger partial charge on any atom is 0.411 e. The van der Waals surface area contributed by atoms with E-state index in [9.17, 15) is 9.59 Å². The predicted molar refractivity (Wildman–Crippen MR) is 65.4 cm³/mol. The lowest BCUT2D eigenvalue weighted by Crippen LogP contribution is -2.16. The van der Waals surface area contributed by atoms with Gasteiger partial charge in [0.15, 0.2) is 0 Å². The minimum absolute atomic E-state index is 0.141. The Balaban J connectivity index is 2.48. The molecule has 0 saturated heterocycles. The standard InChI is InChI=1S/C12H16N2O4/c1-8(2)7-18-12(17)14-10-4-3-9(13-6-10)5-11(15)16/h3-4,6,8H,5,7H2,1-2H3,(H,14,17)(H,15,16). The molecule has 2 N–H and O–H groups in total. The molecule has 0 spiro atoms. The molecule has 0 aromatic carbocycles. The second-order valence-electron chi connectivity index (χ2n) is 4.23. The fraction of sp³-hybridized carbons (Fsp3) is 0.417. The van der Waals surface area contributed by atoms with E-state index >= 15 is 0 Å². The van der Waals surface area contributed by atoms with Crippen LogP contribution < -0.4 is 5.32 Å². The normalized spacial score (nSPS) is 10.2. The number of carboxylic acids is 1. The summed E-state index contributed by atoms with van der Waals surface area (Å²) in [6.45, 7) is 4.22. The van der Waals surface area contributed by atoms with Crippen LogP contribution in [0.4, 0.5) is 10.5 Å². The van der Waals surface area contributed by atoms with Gasteiger partial charge in [0.05, 0.1) is 30.6 Å². The number of carbonyl (C=O) groups is 2. The molecule has 6 heteroatoms. The fourth-order valence-corrected chi connectivity index (χ4v) is 1.15. The summed E-state index contributed by atoms with van der Waals surface area (Å²) in [4.78, 5) is 25.7. The molecule has 1 aromatic rings. The van der Waals surface area contributed by atoms with E-state index in [2.05, 4.69) is 10.3 Å². The van der Waals surface area contributed by atoms with Crippen LogP contribution in [-0.2, 0) is 16.0 Å². The van der Waals surface area contributed by atoms with Gasteiger partial charge in [0, 0.05) is 0 Å². The summed E-state index contributed by atoms with van der Waals surface area (Å²) in [6.07, 6.45) is 0.712. The highest BCUT2D eigenvalue weighted by Gasteiger charge is 2.06. The van der Waals surface area contributed by atoms with Gasteiger partial charge >= 0.3 is 12.1 Å². The first-order valence-corrected chi connectivity index (χ1v) is 5.58. The third-order valence-corrected chi connectivity index (χ3v) is 1.95. The van der Waals surface area contributed by atoms with Gasteiger partial charge in [-0.2, -0.15) is 0 Å². The number of ether oxygens (including phenoxy) is 1. The van der Waals surface area contributed by atoms with E-state index in [1.54, 1.807) is 12.1 Å². The Hall–Kier alpha value is -2.11. The second kappa shape index (κ2) is 6.58. The molecule has 0 bridgehead atoms. The van der Waals surface area contributed by atoms with Gasteiger partial charge in [-0.15, -0.1) is 0 Å². The van der Waals surface area contributed by atoms with Gasteiger partial charge in [-0.3, -0.25) is 15.1 Å². The van der Waals surface area contributed by atoms with Crippen LogP contribution in [0, 0.1) is 5.92 Å². The Kier molecular flexibility index (Phi) is 5.10. The highest BCUT2D eigenvalue weighted by molar-refractivity contribution is 5.84. The van der Waals surface area contributed by atoms with Crippen molar-refractivity contribution in [3.05, 3.63) is 24.0 Å². The van der Waals surface area contributed by atoms with Gasteiger partial charge < -0.3 is 9.84 Å². The molecule has 0 saturated carbocycles. The van der Waals surface area contributed by atoms with E-state index in [1.165, 1.54) is 6.20 Å². The summed E-state index contributed by atoms with van der Waals surface area (Å²) in [5.74, 6) is -0.675. The van der Waals surface area contributed by atoms with Crippen molar-refractivity contribution in [2.24, 2.45) is 5.92 Å². The van der Waals surface area contributed by atoms with E-state index < -0.39 is 12.1 Å². The van der Waals surface area contributed by atoms with Gasteiger partial charge in [0.2, 0.25) is 0 Å². The number of aliphatic carboxylic acids is 1. The van der Waals surface area contributed by atoms with Crippen LogP contribution in [-0.4, -0.2) is 28.8 Å². The number of nitrogens with one attached hydrogen (secondary N) is 1.